The van der Waals surface area contributed by atoms with Gasteiger partial charge in [0.05, 0.1) is 13.2 Å². The van der Waals surface area contributed by atoms with Gasteiger partial charge in [-0.05, 0) is 30.5 Å². The summed E-state index contributed by atoms with van der Waals surface area (Å²) in [6.45, 7) is 8.42. The third kappa shape index (κ3) is 6.89. The first-order valence-corrected chi connectivity index (χ1v) is 7.21. The van der Waals surface area contributed by atoms with Gasteiger partial charge in [-0.3, -0.25) is 4.79 Å². The number of hydrogen-bond acceptors (Lipinski definition) is 3. The van der Waals surface area contributed by atoms with Crippen LogP contribution in [0.1, 0.15) is 19.4 Å². The molecule has 4 nitrogen and oxygen atoms in total. The maximum absolute atomic E-state index is 11.8. The van der Waals surface area contributed by atoms with E-state index < -0.39 is 0 Å². The number of aryl methyl sites for hydroxylation is 1. The summed E-state index contributed by atoms with van der Waals surface area (Å²) in [4.78, 5) is 11.8. The molecule has 0 saturated heterocycles. The van der Waals surface area contributed by atoms with Gasteiger partial charge in [-0.2, -0.15) is 0 Å². The van der Waals surface area contributed by atoms with E-state index in [4.69, 9.17) is 16.3 Å². The zero-order valence-corrected chi connectivity index (χ0v) is 13.1. The van der Waals surface area contributed by atoms with E-state index in [2.05, 4.69) is 24.5 Å². The Morgan fingerprint density at radius 3 is 2.85 bits per heavy atom. The molecule has 2 N–H and O–H groups in total. The maximum Gasteiger partial charge on any atom is 0.238 e. The fraction of sp³-hybridized carbons (Fsp3) is 0.533. The van der Waals surface area contributed by atoms with Gasteiger partial charge < -0.3 is 15.4 Å². The van der Waals surface area contributed by atoms with Crippen LogP contribution in [0.25, 0.3) is 0 Å². The predicted molar refractivity (Wildman–Crippen MR) is 83.3 cm³/mol. The molecule has 112 valence electrons. The molecule has 20 heavy (non-hydrogen) atoms. The Labute approximate surface area is 125 Å². The van der Waals surface area contributed by atoms with E-state index in [9.17, 15) is 4.79 Å². The average molecular weight is 299 g/mol. The Balaban J connectivity index is 2.22. The van der Waals surface area contributed by atoms with Crippen LogP contribution < -0.4 is 10.6 Å². The number of amides is 1. The van der Waals surface area contributed by atoms with Gasteiger partial charge in [0.25, 0.3) is 0 Å². The van der Waals surface area contributed by atoms with E-state index >= 15 is 0 Å². The highest BCUT2D eigenvalue weighted by molar-refractivity contribution is 6.31. The zero-order valence-electron chi connectivity index (χ0n) is 12.3. The van der Waals surface area contributed by atoms with Gasteiger partial charge in [0, 0.05) is 23.9 Å². The number of ether oxygens (including phenoxy) is 1. The number of nitrogens with one attached hydrogen (secondary N) is 2. The number of hydrogen-bond donors (Lipinski definition) is 2. The van der Waals surface area contributed by atoms with E-state index in [0.29, 0.717) is 24.1 Å². The Morgan fingerprint density at radius 1 is 1.40 bits per heavy atom. The standard InChI is InChI=1S/C15H23ClN2O2/c1-11(2)10-20-7-6-17-9-15(19)18-14-8-13(16)5-4-12(14)3/h4-5,8,11,17H,6-7,9-10H2,1-3H3,(H,18,19). The van der Waals surface area contributed by atoms with E-state index in [1.54, 1.807) is 12.1 Å². The van der Waals surface area contributed by atoms with Crippen LogP contribution in [0.4, 0.5) is 5.69 Å². The quantitative estimate of drug-likeness (QED) is 0.726. The first-order valence-electron chi connectivity index (χ1n) is 6.83. The molecule has 0 aliphatic heterocycles. The fourth-order valence-electron chi connectivity index (χ4n) is 1.59. The molecule has 0 saturated carbocycles. The molecular weight excluding hydrogens is 276 g/mol. The minimum atomic E-state index is -0.0840. The van der Waals surface area contributed by atoms with Crippen LogP contribution in [0.5, 0.6) is 0 Å². The largest absolute Gasteiger partial charge is 0.380 e. The number of carbonyl (C=O) groups excluding carboxylic acids is 1. The third-order valence-electron chi connectivity index (χ3n) is 2.63. The van der Waals surface area contributed by atoms with E-state index in [0.717, 1.165) is 17.9 Å². The first kappa shape index (κ1) is 17.0. The lowest BCUT2D eigenvalue weighted by Crippen LogP contribution is -2.30. The van der Waals surface area contributed by atoms with Gasteiger partial charge in [-0.15, -0.1) is 0 Å². The molecule has 0 spiro atoms. The monoisotopic (exact) mass is 298 g/mol. The molecule has 0 unspecified atom stereocenters. The number of benzene rings is 1. The molecule has 0 atom stereocenters. The molecule has 1 amide bonds. The van der Waals surface area contributed by atoms with Crippen molar-refractivity contribution in [3.05, 3.63) is 28.8 Å². The van der Waals surface area contributed by atoms with Gasteiger partial charge in [-0.25, -0.2) is 0 Å². The number of carbonyl (C=O) groups is 1. The summed E-state index contributed by atoms with van der Waals surface area (Å²) in [5.41, 5.74) is 1.74. The molecule has 0 bridgehead atoms. The number of halogens is 1. The van der Waals surface area contributed by atoms with Crippen LogP contribution in [0.3, 0.4) is 0 Å². The molecule has 0 heterocycles. The van der Waals surface area contributed by atoms with Crippen molar-refractivity contribution in [1.82, 2.24) is 5.32 Å². The van der Waals surface area contributed by atoms with Gasteiger partial charge in [-0.1, -0.05) is 31.5 Å². The van der Waals surface area contributed by atoms with Crippen molar-refractivity contribution in [3.8, 4) is 0 Å². The molecule has 1 aromatic carbocycles. The van der Waals surface area contributed by atoms with E-state index in [1.807, 2.05) is 13.0 Å². The second-order valence-corrected chi connectivity index (χ2v) is 5.59. The highest BCUT2D eigenvalue weighted by atomic mass is 35.5. The highest BCUT2D eigenvalue weighted by Gasteiger charge is 2.05. The van der Waals surface area contributed by atoms with Gasteiger partial charge in [0.15, 0.2) is 0 Å². The lowest BCUT2D eigenvalue weighted by Gasteiger charge is -2.10. The molecule has 0 aliphatic carbocycles. The lowest BCUT2D eigenvalue weighted by atomic mass is 10.2. The number of rotatable bonds is 8. The smallest absolute Gasteiger partial charge is 0.238 e. The molecule has 0 aliphatic rings. The second-order valence-electron chi connectivity index (χ2n) is 5.15. The minimum absolute atomic E-state index is 0.0840. The molecule has 0 fully saturated rings. The molecule has 1 aromatic rings. The van der Waals surface area contributed by atoms with E-state index in [1.165, 1.54) is 0 Å². The second kappa shape index (κ2) is 8.95. The summed E-state index contributed by atoms with van der Waals surface area (Å²) in [7, 11) is 0. The maximum atomic E-state index is 11.8. The van der Waals surface area contributed by atoms with Crippen molar-refractivity contribution >= 4 is 23.2 Å². The summed E-state index contributed by atoms with van der Waals surface area (Å²) in [6.07, 6.45) is 0. The van der Waals surface area contributed by atoms with Crippen LogP contribution in [0.15, 0.2) is 18.2 Å². The molecule has 0 aromatic heterocycles. The Hall–Kier alpha value is -1.10. The van der Waals surface area contributed by atoms with Crippen molar-refractivity contribution in [2.45, 2.75) is 20.8 Å². The summed E-state index contributed by atoms with van der Waals surface area (Å²) >= 11 is 5.90. The number of anilines is 1. The molecular formula is C15H23ClN2O2. The average Bonchev–Trinajstić information content (AvgIpc) is 2.37. The van der Waals surface area contributed by atoms with Crippen LogP contribution >= 0.6 is 11.6 Å². The molecule has 0 radical (unpaired) electrons. The van der Waals surface area contributed by atoms with Crippen LogP contribution in [-0.4, -0.2) is 32.2 Å². The van der Waals surface area contributed by atoms with Gasteiger partial charge in [0.1, 0.15) is 0 Å². The Morgan fingerprint density at radius 2 is 2.15 bits per heavy atom. The minimum Gasteiger partial charge on any atom is -0.380 e. The highest BCUT2D eigenvalue weighted by Crippen LogP contribution is 2.19. The summed E-state index contributed by atoms with van der Waals surface area (Å²) in [5, 5.41) is 6.49. The van der Waals surface area contributed by atoms with E-state index in [-0.39, 0.29) is 12.5 Å². The summed E-state index contributed by atoms with van der Waals surface area (Å²) in [6, 6.07) is 5.43. The van der Waals surface area contributed by atoms with Gasteiger partial charge in [0.2, 0.25) is 5.91 Å². The SMILES string of the molecule is Cc1ccc(Cl)cc1NC(=O)CNCCOCC(C)C. The van der Waals surface area contributed by atoms with Crippen LogP contribution in [0.2, 0.25) is 5.02 Å². The van der Waals surface area contributed by atoms with Crippen LogP contribution in [0, 0.1) is 12.8 Å². The van der Waals surface area contributed by atoms with Crippen molar-refractivity contribution < 1.29 is 9.53 Å². The third-order valence-corrected chi connectivity index (χ3v) is 2.87. The van der Waals surface area contributed by atoms with Gasteiger partial charge >= 0.3 is 0 Å². The Kier molecular flexibility index (Phi) is 7.59. The predicted octanol–water partition coefficient (Wildman–Crippen LogP) is 2.85. The van der Waals surface area contributed by atoms with Crippen molar-refractivity contribution in [3.63, 3.8) is 0 Å². The lowest BCUT2D eigenvalue weighted by molar-refractivity contribution is -0.115. The summed E-state index contributed by atoms with van der Waals surface area (Å²) in [5.74, 6) is 0.448. The first-order chi connectivity index (χ1) is 9.49. The fourth-order valence-corrected chi connectivity index (χ4v) is 1.76. The van der Waals surface area contributed by atoms with Crippen LogP contribution in [-0.2, 0) is 9.53 Å². The van der Waals surface area contributed by atoms with Crippen molar-refractivity contribution in [2.24, 2.45) is 5.92 Å². The molecule has 5 heteroatoms. The zero-order chi connectivity index (χ0) is 15.0. The topological polar surface area (TPSA) is 50.4 Å². The Bertz CT molecular complexity index is 436. The van der Waals surface area contributed by atoms with Crippen molar-refractivity contribution in [1.29, 1.82) is 0 Å². The summed E-state index contributed by atoms with van der Waals surface area (Å²) < 4.78 is 5.42. The van der Waals surface area contributed by atoms with Crippen molar-refractivity contribution in [2.75, 3.05) is 31.6 Å². The molecule has 1 rings (SSSR count). The normalized spacial score (nSPS) is 10.8.